The molecule has 2 spiro atoms. The first kappa shape index (κ1) is 35.9. The van der Waals surface area contributed by atoms with E-state index in [9.17, 15) is 15.0 Å². The number of hydrogen-bond donors (Lipinski definition) is 3. The fourth-order valence-electron chi connectivity index (χ4n) is 12.3. The number of rotatable bonds is 8. The van der Waals surface area contributed by atoms with E-state index in [-0.39, 0.29) is 35.6 Å². The van der Waals surface area contributed by atoms with E-state index in [4.69, 9.17) is 0 Å². The summed E-state index contributed by atoms with van der Waals surface area (Å²) in [5, 5.41) is 27.5. The van der Waals surface area contributed by atoms with Crippen molar-refractivity contribution in [1.82, 2.24) is 4.90 Å². The smallest absolute Gasteiger partial charge is 0.322 e. The number of carbonyl (C=O) groups excluding carboxylic acids is 2. The van der Waals surface area contributed by atoms with E-state index in [1.807, 2.05) is 103 Å². The van der Waals surface area contributed by atoms with Gasteiger partial charge in [0.2, 0.25) is 0 Å². The summed E-state index contributed by atoms with van der Waals surface area (Å²) < 4.78 is 0. The van der Waals surface area contributed by atoms with E-state index in [0.29, 0.717) is 30.6 Å². The first-order valence-corrected chi connectivity index (χ1v) is 20.2. The Morgan fingerprint density at radius 1 is 0.745 bits per heavy atom. The molecule has 6 aliphatic carbocycles. The Morgan fingerprint density at radius 3 is 2.11 bits per heavy atom. The Bertz CT molecular complexity index is 2170. The molecule has 3 fully saturated rings. The number of nitrogens with one attached hydrogen (secondary N) is 1. The van der Waals surface area contributed by atoms with Gasteiger partial charge < -0.3 is 20.4 Å². The second-order valence-corrected chi connectivity index (χ2v) is 17.7. The minimum Gasteiger partial charge on any atom is -0.393 e. The Hall–Kier alpha value is -4.78. The normalized spacial score (nSPS) is 34.2. The molecule has 3 N–H and O–H groups in total. The second kappa shape index (κ2) is 13.2. The van der Waals surface area contributed by atoms with Crippen molar-refractivity contribution in [3.8, 4) is 11.1 Å². The zero-order valence-electron chi connectivity index (χ0n) is 32.0. The third-order valence-electron chi connectivity index (χ3n) is 15.2. The third-order valence-corrected chi connectivity index (χ3v) is 15.2. The van der Waals surface area contributed by atoms with Gasteiger partial charge in [-0.05, 0) is 91.0 Å². The SMILES string of the molecule is CC12CCC(O)CC13C=CC1(C(C(=O)c4ccccc4-c4ccccc4)=C3)C2CCC2(C)C1CCC2(O)CN(Cc1ccccc1)C(=O)Nc1ccccc1. The van der Waals surface area contributed by atoms with Crippen molar-refractivity contribution in [2.75, 3.05) is 11.9 Å². The van der Waals surface area contributed by atoms with Crippen LogP contribution >= 0.6 is 0 Å². The van der Waals surface area contributed by atoms with Gasteiger partial charge in [-0.25, -0.2) is 4.79 Å². The summed E-state index contributed by atoms with van der Waals surface area (Å²) in [4.78, 5) is 31.4. The van der Waals surface area contributed by atoms with Crippen LogP contribution in [-0.4, -0.2) is 45.2 Å². The van der Waals surface area contributed by atoms with Gasteiger partial charge in [0, 0.05) is 39.6 Å². The summed E-state index contributed by atoms with van der Waals surface area (Å²) in [7, 11) is 0. The van der Waals surface area contributed by atoms with Gasteiger partial charge in [0.1, 0.15) is 0 Å². The Kier molecular flexibility index (Phi) is 8.59. The average Bonchev–Trinajstić information content (AvgIpc) is 3.48. The highest BCUT2D eigenvalue weighted by Crippen LogP contribution is 2.78. The molecule has 0 aromatic heterocycles. The lowest BCUT2D eigenvalue weighted by molar-refractivity contribution is -0.174. The molecule has 2 amide bonds. The number of Topliss-reactive ketones (excluding diaryl/α,β-unsaturated/α-hetero) is 1. The molecule has 6 aliphatic rings. The molecule has 0 aliphatic heterocycles. The highest BCUT2D eigenvalue weighted by atomic mass is 16.3. The van der Waals surface area contributed by atoms with E-state index < -0.39 is 27.9 Å². The second-order valence-electron chi connectivity index (χ2n) is 17.7. The molecular formula is C49H52N2O4. The van der Waals surface area contributed by atoms with Crippen LogP contribution < -0.4 is 5.32 Å². The summed E-state index contributed by atoms with van der Waals surface area (Å²) in [5.74, 6) is 0.187. The lowest BCUT2D eigenvalue weighted by Gasteiger charge is -2.71. The van der Waals surface area contributed by atoms with Crippen LogP contribution in [0.3, 0.4) is 0 Å². The molecule has 6 nitrogen and oxygen atoms in total. The van der Waals surface area contributed by atoms with Gasteiger partial charge >= 0.3 is 6.03 Å². The van der Waals surface area contributed by atoms with Crippen molar-refractivity contribution in [2.45, 2.75) is 77.0 Å². The number of benzene rings is 4. The van der Waals surface area contributed by atoms with Gasteiger partial charge in [-0.1, -0.05) is 135 Å². The van der Waals surface area contributed by atoms with E-state index in [1.54, 1.807) is 4.90 Å². The van der Waals surface area contributed by atoms with Crippen LogP contribution in [-0.2, 0) is 6.54 Å². The Balaban J connectivity index is 1.13. The lowest BCUT2D eigenvalue weighted by atomic mass is 9.32. The number of para-hydroxylation sites is 1. The largest absolute Gasteiger partial charge is 0.393 e. The van der Waals surface area contributed by atoms with E-state index in [0.717, 1.165) is 54.4 Å². The number of hydrogen-bond acceptors (Lipinski definition) is 4. The molecule has 55 heavy (non-hydrogen) atoms. The maximum atomic E-state index is 15.5. The number of amides is 2. The first-order valence-electron chi connectivity index (χ1n) is 20.2. The van der Waals surface area contributed by atoms with Gasteiger partial charge in [0.05, 0.1) is 18.2 Å². The van der Waals surface area contributed by atoms with E-state index in [2.05, 4.69) is 49.5 Å². The minimum absolute atomic E-state index is 0.0307. The van der Waals surface area contributed by atoms with Crippen molar-refractivity contribution in [2.24, 2.45) is 33.5 Å². The van der Waals surface area contributed by atoms with Crippen LogP contribution in [0.5, 0.6) is 0 Å². The highest BCUT2D eigenvalue weighted by Gasteiger charge is 2.74. The van der Waals surface area contributed by atoms with Crippen LogP contribution in [0.4, 0.5) is 10.5 Å². The Morgan fingerprint density at radius 2 is 1.36 bits per heavy atom. The summed E-state index contributed by atoms with van der Waals surface area (Å²) >= 11 is 0. The number of anilines is 1. The molecule has 4 aromatic rings. The van der Waals surface area contributed by atoms with Crippen LogP contribution in [0.1, 0.15) is 74.7 Å². The standard InChI is InChI=1S/C49H52N2O4/c1-45-25-22-37(52)30-47(45)28-29-49(40(31-47)43(53)39-21-13-12-20-38(39)35-16-8-4-9-17-35)41(45)23-26-46(2)42(49)24-27-48(46,55)33-51(32-34-14-6-3-7-15-34)44(54)50-36-18-10-5-11-19-36/h3-21,28-29,31,37,41-42,52,55H,22-27,30,32-33H2,1-2H3,(H,50,54). The number of nitrogens with zero attached hydrogens (tertiary/aromatic N) is 1. The van der Waals surface area contributed by atoms with Crippen LogP contribution in [0.25, 0.3) is 11.1 Å². The van der Waals surface area contributed by atoms with Gasteiger partial charge in [0.25, 0.3) is 0 Å². The number of urea groups is 1. The van der Waals surface area contributed by atoms with Gasteiger partial charge in [-0.15, -0.1) is 0 Å². The van der Waals surface area contributed by atoms with Gasteiger partial charge in [-0.2, -0.15) is 0 Å². The maximum Gasteiger partial charge on any atom is 0.322 e. The summed E-state index contributed by atoms with van der Waals surface area (Å²) in [6.45, 7) is 5.19. The zero-order chi connectivity index (χ0) is 38.1. The van der Waals surface area contributed by atoms with Crippen molar-refractivity contribution < 1.29 is 19.8 Å². The molecule has 4 aromatic carbocycles. The van der Waals surface area contributed by atoms with Crippen molar-refractivity contribution in [3.63, 3.8) is 0 Å². The topological polar surface area (TPSA) is 89.9 Å². The third kappa shape index (κ3) is 5.43. The molecule has 6 heteroatoms. The predicted octanol–water partition coefficient (Wildman–Crippen LogP) is 9.86. The lowest BCUT2D eigenvalue weighted by Crippen LogP contribution is -2.67. The number of ketones is 1. The molecule has 2 bridgehead atoms. The summed E-state index contributed by atoms with van der Waals surface area (Å²) in [5.41, 5.74) is 2.20. The van der Waals surface area contributed by atoms with Crippen molar-refractivity contribution in [1.29, 1.82) is 0 Å². The minimum atomic E-state index is -1.19. The van der Waals surface area contributed by atoms with Crippen molar-refractivity contribution in [3.05, 3.63) is 150 Å². The highest BCUT2D eigenvalue weighted by molar-refractivity contribution is 6.14. The quantitative estimate of drug-likeness (QED) is 0.124. The zero-order valence-corrected chi connectivity index (χ0v) is 32.0. The Labute approximate surface area is 325 Å². The first-order chi connectivity index (χ1) is 26.5. The molecule has 0 saturated heterocycles. The summed E-state index contributed by atoms with van der Waals surface area (Å²) in [6, 6.07) is 37.3. The number of fused-ring (bicyclic) bond motifs is 1. The van der Waals surface area contributed by atoms with Crippen LogP contribution in [0.2, 0.25) is 0 Å². The average molecular weight is 733 g/mol. The monoisotopic (exact) mass is 732 g/mol. The van der Waals surface area contributed by atoms with E-state index >= 15 is 4.79 Å². The van der Waals surface area contributed by atoms with Gasteiger partial charge in [0.15, 0.2) is 5.78 Å². The number of aliphatic hydroxyl groups is 2. The molecule has 10 rings (SSSR count). The number of allylic oxidation sites excluding steroid dienone is 4. The molecule has 8 unspecified atom stereocenters. The molecule has 282 valence electrons. The van der Waals surface area contributed by atoms with Crippen LogP contribution in [0.15, 0.2) is 139 Å². The molecule has 0 heterocycles. The molecule has 0 radical (unpaired) electrons. The molecule has 3 saturated carbocycles. The van der Waals surface area contributed by atoms with E-state index in [1.165, 1.54) is 0 Å². The fraction of sp³-hybridized carbons (Fsp3) is 0.388. The molecule has 8 atom stereocenters. The summed E-state index contributed by atoms with van der Waals surface area (Å²) in [6.07, 6.45) is 11.8. The predicted molar refractivity (Wildman–Crippen MR) is 217 cm³/mol. The number of aliphatic hydroxyl groups excluding tert-OH is 1. The molecular weight excluding hydrogens is 681 g/mol. The van der Waals surface area contributed by atoms with Crippen LogP contribution in [0, 0.1) is 33.5 Å². The van der Waals surface area contributed by atoms with Gasteiger partial charge in [-0.3, -0.25) is 4.79 Å². The maximum absolute atomic E-state index is 15.5. The fourth-order valence-corrected chi connectivity index (χ4v) is 12.3. The number of carbonyl (C=O) groups is 2. The van der Waals surface area contributed by atoms with Crippen molar-refractivity contribution >= 4 is 17.5 Å².